The van der Waals surface area contributed by atoms with Crippen molar-refractivity contribution in [2.75, 3.05) is 6.61 Å². The number of esters is 1. The van der Waals surface area contributed by atoms with Gasteiger partial charge < -0.3 is 9.47 Å². The first-order valence-corrected chi connectivity index (χ1v) is 8.12. The number of carbonyl (C=O) groups excluding carboxylic acids is 1. The van der Waals surface area contributed by atoms with Gasteiger partial charge in [0.05, 0.1) is 12.3 Å². The van der Waals surface area contributed by atoms with Crippen molar-refractivity contribution in [1.82, 2.24) is 14.6 Å². The van der Waals surface area contributed by atoms with Crippen LogP contribution in [0, 0.1) is 18.3 Å². The third kappa shape index (κ3) is 2.16. The molecule has 3 heterocycles. The van der Waals surface area contributed by atoms with E-state index in [1.54, 1.807) is 10.7 Å². The number of carbonyl (C=O) groups is 1. The van der Waals surface area contributed by atoms with Gasteiger partial charge in [0, 0.05) is 29.8 Å². The minimum absolute atomic E-state index is 0.111. The fourth-order valence-corrected chi connectivity index (χ4v) is 4.00. The second-order valence-electron chi connectivity index (χ2n) is 7.14. The molecule has 0 amide bonds. The molecule has 0 radical (unpaired) electrons. The lowest BCUT2D eigenvalue weighted by atomic mass is 9.57. The van der Waals surface area contributed by atoms with Crippen LogP contribution in [0.25, 0.3) is 5.65 Å². The molecule has 6 heteroatoms. The molecule has 0 bridgehead atoms. The summed E-state index contributed by atoms with van der Waals surface area (Å²) < 4.78 is 13.3. The number of hydrogen-bond donors (Lipinski definition) is 0. The first kappa shape index (κ1) is 14.6. The van der Waals surface area contributed by atoms with Gasteiger partial charge in [-0.15, -0.1) is 0 Å². The van der Waals surface area contributed by atoms with Gasteiger partial charge in [0.25, 0.3) is 0 Å². The topological polar surface area (TPSA) is 65.7 Å². The third-order valence-electron chi connectivity index (χ3n) is 5.19. The largest absolute Gasteiger partial charge is 0.458 e. The molecule has 6 nitrogen and oxygen atoms in total. The first-order chi connectivity index (χ1) is 11.0. The molecule has 122 valence electrons. The Morgan fingerprint density at radius 2 is 2.30 bits per heavy atom. The summed E-state index contributed by atoms with van der Waals surface area (Å²) in [5.41, 5.74) is 1.66. The highest BCUT2D eigenvalue weighted by atomic mass is 16.6. The van der Waals surface area contributed by atoms with Crippen molar-refractivity contribution >= 4 is 11.6 Å². The van der Waals surface area contributed by atoms with Crippen molar-refractivity contribution in [2.24, 2.45) is 11.3 Å². The summed E-state index contributed by atoms with van der Waals surface area (Å²) in [6, 6.07) is 1.86. The molecule has 1 aliphatic heterocycles. The minimum Gasteiger partial charge on any atom is -0.458 e. The Morgan fingerprint density at radius 3 is 3.13 bits per heavy atom. The van der Waals surface area contributed by atoms with Gasteiger partial charge in [0.15, 0.2) is 5.65 Å². The molecular formula is C17H21N3O3. The minimum atomic E-state index is -0.347. The van der Waals surface area contributed by atoms with Crippen molar-refractivity contribution in [1.29, 1.82) is 0 Å². The predicted molar refractivity (Wildman–Crippen MR) is 83.2 cm³/mol. The predicted octanol–water partition coefficient (Wildman–Crippen LogP) is 2.40. The molecular weight excluding hydrogens is 294 g/mol. The van der Waals surface area contributed by atoms with E-state index in [0.29, 0.717) is 17.1 Å². The highest BCUT2D eigenvalue weighted by molar-refractivity contribution is 5.95. The van der Waals surface area contributed by atoms with E-state index in [-0.39, 0.29) is 23.6 Å². The highest BCUT2D eigenvalue weighted by Gasteiger charge is 2.60. The van der Waals surface area contributed by atoms with E-state index < -0.39 is 0 Å². The molecule has 1 saturated heterocycles. The van der Waals surface area contributed by atoms with Crippen LogP contribution in [0.4, 0.5) is 0 Å². The number of nitrogens with zero attached hydrogens (tertiary/aromatic N) is 3. The second kappa shape index (κ2) is 5.03. The number of aryl methyl sites for hydroxylation is 1. The Bertz CT molecular complexity index is 768. The zero-order valence-electron chi connectivity index (χ0n) is 13.7. The number of hydrogen-bond acceptors (Lipinski definition) is 5. The quantitative estimate of drug-likeness (QED) is 0.796. The highest BCUT2D eigenvalue weighted by Crippen LogP contribution is 2.53. The Morgan fingerprint density at radius 1 is 1.48 bits per heavy atom. The fourth-order valence-electron chi connectivity index (χ4n) is 4.00. The van der Waals surface area contributed by atoms with Crippen molar-refractivity contribution in [2.45, 2.75) is 45.8 Å². The van der Waals surface area contributed by atoms with Gasteiger partial charge in [-0.2, -0.15) is 5.10 Å². The van der Waals surface area contributed by atoms with Crippen molar-refractivity contribution in [3.63, 3.8) is 0 Å². The zero-order valence-corrected chi connectivity index (χ0v) is 13.7. The van der Waals surface area contributed by atoms with E-state index in [0.717, 1.165) is 25.1 Å². The monoisotopic (exact) mass is 315 g/mol. The number of fused-ring (bicyclic) bond motifs is 2. The van der Waals surface area contributed by atoms with Gasteiger partial charge in [-0.1, -0.05) is 13.8 Å². The maximum atomic E-state index is 12.6. The molecule has 23 heavy (non-hydrogen) atoms. The van der Waals surface area contributed by atoms with Crippen LogP contribution < -0.4 is 0 Å². The van der Waals surface area contributed by atoms with Crippen LogP contribution in [0.2, 0.25) is 0 Å². The first-order valence-electron chi connectivity index (χ1n) is 8.12. The van der Waals surface area contributed by atoms with Crippen LogP contribution >= 0.6 is 0 Å². The fraction of sp³-hybridized carbons (Fsp3) is 0.588. The smallest absolute Gasteiger partial charge is 0.343 e. The summed E-state index contributed by atoms with van der Waals surface area (Å²) in [6.07, 6.45) is 5.50. The summed E-state index contributed by atoms with van der Waals surface area (Å²) in [5, 5.41) is 4.18. The van der Waals surface area contributed by atoms with E-state index in [2.05, 4.69) is 23.9 Å². The lowest BCUT2D eigenvalue weighted by molar-refractivity contribution is -0.243. The molecule has 0 spiro atoms. The molecule has 2 aromatic heterocycles. The average Bonchev–Trinajstić information content (AvgIpc) is 2.95. The van der Waals surface area contributed by atoms with Gasteiger partial charge in [-0.25, -0.2) is 14.3 Å². The second-order valence-corrected chi connectivity index (χ2v) is 7.14. The van der Waals surface area contributed by atoms with Crippen LogP contribution in [0.5, 0.6) is 0 Å². The lowest BCUT2D eigenvalue weighted by Gasteiger charge is -2.58. The molecule has 1 saturated carbocycles. The van der Waals surface area contributed by atoms with Crippen molar-refractivity contribution in [3.8, 4) is 0 Å². The Hall–Kier alpha value is -1.95. The van der Waals surface area contributed by atoms with Crippen molar-refractivity contribution < 1.29 is 14.3 Å². The third-order valence-corrected chi connectivity index (χ3v) is 5.19. The number of aromatic nitrogens is 3. The molecule has 2 aromatic rings. The van der Waals surface area contributed by atoms with Gasteiger partial charge in [-0.3, -0.25) is 0 Å². The van der Waals surface area contributed by atoms with E-state index in [1.165, 1.54) is 6.20 Å². The van der Waals surface area contributed by atoms with Gasteiger partial charge in [-0.05, 0) is 25.8 Å². The van der Waals surface area contributed by atoms with Crippen LogP contribution in [0.15, 0.2) is 18.5 Å². The molecule has 0 N–H and O–H groups in total. The molecule has 0 unspecified atom stereocenters. The zero-order chi connectivity index (χ0) is 16.2. The summed E-state index contributed by atoms with van der Waals surface area (Å²) in [4.78, 5) is 17.0. The van der Waals surface area contributed by atoms with Crippen molar-refractivity contribution in [3.05, 3.63) is 29.7 Å². The van der Waals surface area contributed by atoms with Crippen LogP contribution in [0.1, 0.15) is 42.7 Å². The average molecular weight is 315 g/mol. The SMILES string of the molecule is Cc1ccn2ncc(C(=O)O[C@@H]3[C@H]4CCCO[C@H]4C3(C)C)c2n1. The molecule has 4 rings (SSSR count). The maximum absolute atomic E-state index is 12.6. The summed E-state index contributed by atoms with van der Waals surface area (Å²) in [7, 11) is 0. The lowest BCUT2D eigenvalue weighted by Crippen LogP contribution is -2.65. The van der Waals surface area contributed by atoms with E-state index >= 15 is 0 Å². The van der Waals surface area contributed by atoms with Crippen LogP contribution in [-0.4, -0.2) is 39.4 Å². The van der Waals surface area contributed by atoms with E-state index in [4.69, 9.17) is 9.47 Å². The Balaban J connectivity index is 1.58. The maximum Gasteiger partial charge on any atom is 0.343 e. The summed E-state index contributed by atoms with van der Waals surface area (Å²) in [6.45, 7) is 6.91. The molecule has 2 fully saturated rings. The summed E-state index contributed by atoms with van der Waals surface area (Å²) in [5.74, 6) is -0.0422. The standard InChI is InChI=1S/C17H21N3O3/c1-10-6-7-20-15(19-10)12(9-18-20)16(21)23-14-11-5-4-8-22-13(11)17(14,2)3/h6-7,9,11,13-14H,4-5,8H2,1-3H3/t11-,13+,14+/m0/s1. The number of ether oxygens (including phenoxy) is 2. The molecule has 0 aromatic carbocycles. The van der Waals surface area contributed by atoms with Gasteiger partial charge in [0.1, 0.15) is 11.7 Å². The Kier molecular flexibility index (Phi) is 3.20. The normalized spacial score (nSPS) is 28.9. The van der Waals surface area contributed by atoms with E-state index in [9.17, 15) is 4.79 Å². The van der Waals surface area contributed by atoms with E-state index in [1.807, 2.05) is 13.0 Å². The van der Waals surface area contributed by atoms with Gasteiger partial charge in [0.2, 0.25) is 0 Å². The molecule has 3 atom stereocenters. The molecule has 1 aliphatic carbocycles. The summed E-state index contributed by atoms with van der Waals surface area (Å²) >= 11 is 0. The number of rotatable bonds is 2. The van der Waals surface area contributed by atoms with Crippen LogP contribution in [-0.2, 0) is 9.47 Å². The Labute approximate surface area is 134 Å². The van der Waals surface area contributed by atoms with Gasteiger partial charge >= 0.3 is 5.97 Å². The molecule has 2 aliphatic rings. The van der Waals surface area contributed by atoms with Crippen LogP contribution in [0.3, 0.4) is 0 Å².